The highest BCUT2D eigenvalue weighted by Gasteiger charge is 2.30. The van der Waals surface area contributed by atoms with Gasteiger partial charge in [0.25, 0.3) is 0 Å². The van der Waals surface area contributed by atoms with Crippen molar-refractivity contribution in [1.29, 1.82) is 0 Å². The molecule has 4 rings (SSSR count). The molecule has 1 saturated carbocycles. The van der Waals surface area contributed by atoms with Gasteiger partial charge in [-0.25, -0.2) is 9.37 Å². The summed E-state index contributed by atoms with van der Waals surface area (Å²) in [6.07, 6.45) is 2.37. The van der Waals surface area contributed by atoms with E-state index >= 15 is 0 Å². The molecule has 1 aliphatic carbocycles. The first kappa shape index (κ1) is 23.1. The van der Waals surface area contributed by atoms with Gasteiger partial charge >= 0.3 is 0 Å². The lowest BCUT2D eigenvalue weighted by Gasteiger charge is -2.21. The quantitative estimate of drug-likeness (QED) is 0.466. The highest BCUT2D eigenvalue weighted by molar-refractivity contribution is 7.14. The molecule has 3 aromatic rings. The zero-order valence-corrected chi connectivity index (χ0v) is 19.5. The van der Waals surface area contributed by atoms with E-state index in [2.05, 4.69) is 20.5 Å². The number of rotatable bonds is 9. The van der Waals surface area contributed by atoms with E-state index in [1.807, 2.05) is 37.4 Å². The lowest BCUT2D eigenvalue weighted by Crippen LogP contribution is -2.37. The van der Waals surface area contributed by atoms with Crippen molar-refractivity contribution in [2.24, 2.45) is 0 Å². The van der Waals surface area contributed by atoms with Crippen molar-refractivity contribution in [2.75, 3.05) is 23.7 Å². The minimum absolute atomic E-state index is 0.0696. The Balaban J connectivity index is 1.28. The van der Waals surface area contributed by atoms with Crippen molar-refractivity contribution >= 4 is 34.0 Å². The van der Waals surface area contributed by atoms with Crippen LogP contribution in [0.25, 0.3) is 11.3 Å². The van der Waals surface area contributed by atoms with Crippen LogP contribution in [-0.2, 0) is 9.59 Å². The second-order valence-corrected chi connectivity index (χ2v) is 9.27. The smallest absolute Gasteiger partial charge is 0.238 e. The normalized spacial score (nSPS) is 13.2. The van der Waals surface area contributed by atoms with E-state index in [1.165, 1.54) is 23.5 Å². The van der Waals surface area contributed by atoms with E-state index in [9.17, 15) is 14.0 Å². The molecular weight excluding hydrogens is 439 g/mol. The Morgan fingerprint density at radius 3 is 2.58 bits per heavy atom. The maximum atomic E-state index is 13.1. The summed E-state index contributed by atoms with van der Waals surface area (Å²) in [5.41, 5.74) is 4.43. The van der Waals surface area contributed by atoms with Crippen LogP contribution in [0, 0.1) is 19.7 Å². The van der Waals surface area contributed by atoms with Gasteiger partial charge in [0.1, 0.15) is 5.82 Å². The van der Waals surface area contributed by atoms with Gasteiger partial charge in [-0.1, -0.05) is 12.1 Å². The molecule has 0 saturated heterocycles. The number of aromatic nitrogens is 1. The summed E-state index contributed by atoms with van der Waals surface area (Å²) in [4.78, 5) is 31.6. The van der Waals surface area contributed by atoms with E-state index < -0.39 is 0 Å². The summed E-state index contributed by atoms with van der Waals surface area (Å²) < 4.78 is 13.1. The molecule has 2 N–H and O–H groups in total. The molecule has 0 aliphatic heterocycles. The molecule has 0 radical (unpaired) electrons. The molecule has 0 atom stereocenters. The van der Waals surface area contributed by atoms with E-state index in [1.54, 1.807) is 12.1 Å². The topological polar surface area (TPSA) is 74.3 Å². The monoisotopic (exact) mass is 466 g/mol. The Hall–Kier alpha value is -3.10. The number of thiazole rings is 1. The Morgan fingerprint density at radius 2 is 1.85 bits per heavy atom. The number of carbonyl (C=O) groups excluding carboxylic acids is 2. The van der Waals surface area contributed by atoms with Gasteiger partial charge in [0.2, 0.25) is 11.8 Å². The predicted molar refractivity (Wildman–Crippen MR) is 130 cm³/mol. The fourth-order valence-corrected chi connectivity index (χ4v) is 4.32. The standard InChI is InChI=1S/C25H27FN4O2S/c1-16-3-4-17(2)21(13-16)27-24(32)14-30(20-9-10-20)12-11-23(31)29-25-28-22(15-33-25)18-5-7-19(26)8-6-18/h3-8,13,15,20H,9-12,14H2,1-2H3,(H,27,32)(H,28,29,31). The van der Waals surface area contributed by atoms with Crippen molar-refractivity contribution in [3.05, 3.63) is 64.8 Å². The second kappa shape index (κ2) is 10.2. The summed E-state index contributed by atoms with van der Waals surface area (Å²) in [5.74, 6) is -0.513. The van der Waals surface area contributed by atoms with Gasteiger partial charge in [-0.3, -0.25) is 14.5 Å². The first-order chi connectivity index (χ1) is 15.9. The Kier molecular flexibility index (Phi) is 7.15. The number of hydrogen-bond acceptors (Lipinski definition) is 5. The van der Waals surface area contributed by atoms with Gasteiger partial charge in [-0.05, 0) is 68.1 Å². The van der Waals surface area contributed by atoms with E-state index in [0.29, 0.717) is 23.4 Å². The third-order valence-electron chi connectivity index (χ3n) is 5.59. The molecular formula is C25H27FN4O2S. The van der Waals surface area contributed by atoms with Gasteiger partial charge < -0.3 is 10.6 Å². The Morgan fingerprint density at radius 1 is 1.09 bits per heavy atom. The van der Waals surface area contributed by atoms with Crippen LogP contribution in [-0.4, -0.2) is 40.8 Å². The van der Waals surface area contributed by atoms with Gasteiger partial charge in [-0.15, -0.1) is 11.3 Å². The number of carbonyl (C=O) groups is 2. The van der Waals surface area contributed by atoms with Crippen LogP contribution >= 0.6 is 11.3 Å². The molecule has 1 aliphatic rings. The highest BCUT2D eigenvalue weighted by Crippen LogP contribution is 2.28. The third-order valence-corrected chi connectivity index (χ3v) is 6.35. The number of nitrogens with one attached hydrogen (secondary N) is 2. The number of nitrogens with zero attached hydrogens (tertiary/aromatic N) is 2. The van der Waals surface area contributed by atoms with Crippen LogP contribution in [0.15, 0.2) is 47.8 Å². The average molecular weight is 467 g/mol. The molecule has 1 heterocycles. The lowest BCUT2D eigenvalue weighted by atomic mass is 10.1. The zero-order chi connectivity index (χ0) is 23.4. The number of benzene rings is 2. The van der Waals surface area contributed by atoms with Gasteiger partial charge in [0.15, 0.2) is 5.13 Å². The van der Waals surface area contributed by atoms with Crippen molar-refractivity contribution < 1.29 is 14.0 Å². The summed E-state index contributed by atoms with van der Waals surface area (Å²) in [6, 6.07) is 12.4. The fourth-order valence-electron chi connectivity index (χ4n) is 3.59. The number of anilines is 2. The summed E-state index contributed by atoms with van der Waals surface area (Å²) in [7, 11) is 0. The van der Waals surface area contributed by atoms with Crippen molar-refractivity contribution in [3.63, 3.8) is 0 Å². The summed E-state index contributed by atoms with van der Waals surface area (Å²) in [5, 5.41) is 8.17. The first-order valence-corrected chi connectivity index (χ1v) is 11.9. The Bertz CT molecular complexity index is 1140. The summed E-state index contributed by atoms with van der Waals surface area (Å²) in [6.45, 7) is 4.73. The van der Waals surface area contributed by atoms with E-state index in [-0.39, 0.29) is 30.6 Å². The molecule has 0 spiro atoms. The van der Waals surface area contributed by atoms with Crippen molar-refractivity contribution in [2.45, 2.75) is 39.2 Å². The van der Waals surface area contributed by atoms with Crippen LogP contribution in [0.5, 0.6) is 0 Å². The van der Waals surface area contributed by atoms with Crippen LogP contribution < -0.4 is 10.6 Å². The number of hydrogen-bond donors (Lipinski definition) is 2. The second-order valence-electron chi connectivity index (χ2n) is 8.41. The van der Waals surface area contributed by atoms with Crippen molar-refractivity contribution in [1.82, 2.24) is 9.88 Å². The van der Waals surface area contributed by atoms with Gasteiger partial charge in [-0.2, -0.15) is 0 Å². The third kappa shape index (κ3) is 6.46. The molecule has 0 unspecified atom stereocenters. The van der Waals surface area contributed by atoms with Crippen LogP contribution in [0.3, 0.4) is 0 Å². The molecule has 1 fully saturated rings. The molecule has 0 bridgehead atoms. The molecule has 8 heteroatoms. The molecule has 172 valence electrons. The molecule has 33 heavy (non-hydrogen) atoms. The minimum Gasteiger partial charge on any atom is -0.325 e. The molecule has 1 aromatic heterocycles. The largest absolute Gasteiger partial charge is 0.325 e. The molecule has 2 amide bonds. The number of amides is 2. The van der Waals surface area contributed by atoms with Gasteiger partial charge in [0.05, 0.1) is 12.2 Å². The lowest BCUT2D eigenvalue weighted by molar-refractivity contribution is -0.119. The van der Waals surface area contributed by atoms with Crippen LogP contribution in [0.2, 0.25) is 0 Å². The minimum atomic E-state index is -0.301. The number of aryl methyl sites for hydroxylation is 2. The zero-order valence-electron chi connectivity index (χ0n) is 18.7. The first-order valence-electron chi connectivity index (χ1n) is 11.0. The highest BCUT2D eigenvalue weighted by atomic mass is 32.1. The van der Waals surface area contributed by atoms with E-state index in [0.717, 1.165) is 35.2 Å². The van der Waals surface area contributed by atoms with Crippen LogP contribution in [0.4, 0.5) is 15.2 Å². The predicted octanol–water partition coefficient (Wildman–Crippen LogP) is 5.00. The van der Waals surface area contributed by atoms with Crippen LogP contribution in [0.1, 0.15) is 30.4 Å². The maximum Gasteiger partial charge on any atom is 0.238 e. The fraction of sp³-hybridized carbons (Fsp3) is 0.320. The Labute approximate surface area is 196 Å². The molecule has 6 nitrogen and oxygen atoms in total. The average Bonchev–Trinajstić information content (AvgIpc) is 3.53. The SMILES string of the molecule is Cc1ccc(C)c(NC(=O)CN(CCC(=O)Nc2nc(-c3ccc(F)cc3)cs2)C2CC2)c1. The molecule has 2 aromatic carbocycles. The summed E-state index contributed by atoms with van der Waals surface area (Å²) >= 11 is 1.33. The maximum absolute atomic E-state index is 13.1. The van der Waals surface area contributed by atoms with Gasteiger partial charge in [0, 0.05) is 35.6 Å². The number of halogens is 1. The van der Waals surface area contributed by atoms with Crippen molar-refractivity contribution in [3.8, 4) is 11.3 Å². The van der Waals surface area contributed by atoms with E-state index in [4.69, 9.17) is 0 Å².